The summed E-state index contributed by atoms with van der Waals surface area (Å²) < 4.78 is 3.48. The van der Waals surface area contributed by atoms with E-state index in [2.05, 4.69) is 9.97 Å². The molecule has 2 N–H and O–H groups in total. The van der Waals surface area contributed by atoms with Crippen molar-refractivity contribution in [3.05, 3.63) is 47.1 Å². The first-order chi connectivity index (χ1) is 15.8. The zero-order valence-electron chi connectivity index (χ0n) is 19.0. The summed E-state index contributed by atoms with van der Waals surface area (Å²) >= 11 is 0. The molecule has 170 valence electrons. The number of aryl methyl sites for hydroxylation is 1. The molecule has 1 saturated carbocycles. The van der Waals surface area contributed by atoms with Gasteiger partial charge in [0.05, 0.1) is 28.4 Å². The maximum atomic E-state index is 13.3. The normalized spacial score (nSPS) is 18.6. The van der Waals surface area contributed by atoms with Crippen LogP contribution < -0.4 is 16.3 Å². The Labute approximate surface area is 190 Å². The Morgan fingerprint density at radius 2 is 1.82 bits per heavy atom. The van der Waals surface area contributed by atoms with Gasteiger partial charge in [-0.3, -0.25) is 18.9 Å². The summed E-state index contributed by atoms with van der Waals surface area (Å²) in [5, 5.41) is 0. The lowest BCUT2D eigenvalue weighted by Crippen LogP contribution is -2.32. The Morgan fingerprint density at radius 1 is 1.06 bits per heavy atom. The van der Waals surface area contributed by atoms with Gasteiger partial charge in [-0.1, -0.05) is 0 Å². The summed E-state index contributed by atoms with van der Waals surface area (Å²) in [6.45, 7) is 0. The number of primary amides is 1. The van der Waals surface area contributed by atoms with Gasteiger partial charge in [0.1, 0.15) is 11.3 Å². The largest absolute Gasteiger partial charge is 0.369 e. The van der Waals surface area contributed by atoms with E-state index in [-0.39, 0.29) is 23.6 Å². The monoisotopic (exact) mass is 445 g/mol. The van der Waals surface area contributed by atoms with Crippen LogP contribution in [-0.2, 0) is 11.8 Å². The van der Waals surface area contributed by atoms with Crippen LogP contribution in [0.4, 0.5) is 5.82 Å². The van der Waals surface area contributed by atoms with Gasteiger partial charge in [0.2, 0.25) is 5.91 Å². The molecule has 5 rings (SSSR count). The van der Waals surface area contributed by atoms with Crippen molar-refractivity contribution in [2.45, 2.75) is 31.7 Å². The standard InChI is InChI=1S/C24H27N7O2/c1-29(2)20-11-6-15(12-27-20)17-9-10-18-21(28-17)22-19(13-26-18)30(3)24(33)31(22)16-7-4-14(5-8-16)23(25)32/h6,9-14,16H,4-5,7-8H2,1-3H3,(H2,25,32)/t14-,16-. The molecule has 0 aliphatic heterocycles. The van der Waals surface area contributed by atoms with E-state index in [1.165, 1.54) is 0 Å². The predicted molar refractivity (Wildman–Crippen MR) is 128 cm³/mol. The van der Waals surface area contributed by atoms with Gasteiger partial charge in [-0.05, 0) is 49.9 Å². The zero-order valence-corrected chi connectivity index (χ0v) is 19.0. The van der Waals surface area contributed by atoms with Crippen molar-refractivity contribution >= 4 is 33.8 Å². The van der Waals surface area contributed by atoms with Gasteiger partial charge in [-0.15, -0.1) is 0 Å². The molecule has 33 heavy (non-hydrogen) atoms. The summed E-state index contributed by atoms with van der Waals surface area (Å²) in [5.41, 5.74) is 10.0. The van der Waals surface area contributed by atoms with E-state index in [1.807, 2.05) is 47.8 Å². The van der Waals surface area contributed by atoms with Crippen LogP contribution >= 0.6 is 0 Å². The highest BCUT2D eigenvalue weighted by molar-refractivity contribution is 6.00. The fourth-order valence-electron chi connectivity index (χ4n) is 4.81. The van der Waals surface area contributed by atoms with Crippen LogP contribution in [0.3, 0.4) is 0 Å². The van der Waals surface area contributed by atoms with E-state index in [0.717, 1.165) is 46.5 Å². The van der Waals surface area contributed by atoms with Crippen molar-refractivity contribution in [3.8, 4) is 11.3 Å². The average molecular weight is 446 g/mol. The fraction of sp³-hybridized carbons (Fsp3) is 0.375. The van der Waals surface area contributed by atoms with Gasteiger partial charge in [-0.25, -0.2) is 14.8 Å². The number of carbonyl (C=O) groups excluding carboxylic acids is 1. The second-order valence-electron chi connectivity index (χ2n) is 8.98. The number of rotatable bonds is 4. The number of fused-ring (bicyclic) bond motifs is 3. The molecule has 4 heterocycles. The first-order valence-electron chi connectivity index (χ1n) is 11.1. The molecule has 0 aromatic carbocycles. The Kier molecular flexibility index (Phi) is 5.11. The van der Waals surface area contributed by atoms with Crippen LogP contribution in [-0.4, -0.2) is 44.1 Å². The highest BCUT2D eigenvalue weighted by Gasteiger charge is 2.29. The molecule has 9 nitrogen and oxygen atoms in total. The van der Waals surface area contributed by atoms with E-state index in [9.17, 15) is 9.59 Å². The number of nitrogens with zero attached hydrogens (tertiary/aromatic N) is 6. The third-order valence-corrected chi connectivity index (χ3v) is 6.73. The van der Waals surface area contributed by atoms with E-state index in [1.54, 1.807) is 24.0 Å². The molecular weight excluding hydrogens is 418 g/mol. The second-order valence-corrected chi connectivity index (χ2v) is 8.98. The van der Waals surface area contributed by atoms with Gasteiger partial charge in [0.15, 0.2) is 0 Å². The summed E-state index contributed by atoms with van der Waals surface area (Å²) in [5.74, 6) is 0.494. The van der Waals surface area contributed by atoms with E-state index >= 15 is 0 Å². The van der Waals surface area contributed by atoms with Crippen LogP contribution in [0.15, 0.2) is 41.5 Å². The minimum Gasteiger partial charge on any atom is -0.369 e. The first-order valence-corrected chi connectivity index (χ1v) is 11.1. The Bertz CT molecular complexity index is 1410. The van der Waals surface area contributed by atoms with Crippen LogP contribution in [0.25, 0.3) is 33.3 Å². The molecule has 4 aromatic heterocycles. The first kappa shape index (κ1) is 21.1. The quantitative estimate of drug-likeness (QED) is 0.517. The molecule has 9 heteroatoms. The Morgan fingerprint density at radius 3 is 2.45 bits per heavy atom. The molecule has 1 aliphatic carbocycles. The lowest BCUT2D eigenvalue weighted by Gasteiger charge is -2.27. The number of aromatic nitrogens is 5. The molecule has 1 fully saturated rings. The number of hydrogen-bond acceptors (Lipinski definition) is 6. The smallest absolute Gasteiger partial charge is 0.329 e. The topological polar surface area (TPSA) is 112 Å². The van der Waals surface area contributed by atoms with Gasteiger partial charge in [0.25, 0.3) is 0 Å². The minimum atomic E-state index is -0.256. The van der Waals surface area contributed by atoms with Crippen LogP contribution in [0.2, 0.25) is 0 Å². The predicted octanol–water partition coefficient (Wildman–Crippen LogP) is 2.63. The van der Waals surface area contributed by atoms with Crippen LogP contribution in [0.5, 0.6) is 0 Å². The second kappa shape index (κ2) is 7.99. The number of hydrogen-bond donors (Lipinski definition) is 1. The van der Waals surface area contributed by atoms with Crippen LogP contribution in [0.1, 0.15) is 31.7 Å². The highest BCUT2D eigenvalue weighted by atomic mass is 16.2. The lowest BCUT2D eigenvalue weighted by atomic mass is 9.85. The molecule has 0 unspecified atom stereocenters. The highest BCUT2D eigenvalue weighted by Crippen LogP contribution is 2.35. The van der Waals surface area contributed by atoms with Gasteiger partial charge in [0, 0.05) is 44.9 Å². The molecule has 1 aliphatic rings. The minimum absolute atomic E-state index is 0.00565. The number of amides is 1. The third kappa shape index (κ3) is 3.53. The number of imidazole rings is 1. The van der Waals surface area contributed by atoms with Gasteiger partial charge in [-0.2, -0.15) is 0 Å². The van der Waals surface area contributed by atoms with Crippen molar-refractivity contribution in [2.75, 3.05) is 19.0 Å². The van der Waals surface area contributed by atoms with Crippen molar-refractivity contribution < 1.29 is 4.79 Å². The molecule has 0 bridgehead atoms. The molecule has 0 atom stereocenters. The van der Waals surface area contributed by atoms with Crippen LogP contribution in [0, 0.1) is 5.92 Å². The fourth-order valence-corrected chi connectivity index (χ4v) is 4.81. The summed E-state index contributed by atoms with van der Waals surface area (Å²) in [7, 11) is 5.66. The van der Waals surface area contributed by atoms with E-state index in [0.29, 0.717) is 18.4 Å². The molecule has 1 amide bonds. The molecule has 0 spiro atoms. The maximum absolute atomic E-state index is 13.3. The van der Waals surface area contributed by atoms with E-state index in [4.69, 9.17) is 10.7 Å². The molecule has 0 saturated heterocycles. The van der Waals surface area contributed by atoms with Crippen molar-refractivity contribution in [1.82, 2.24) is 24.1 Å². The number of carbonyl (C=O) groups is 1. The lowest BCUT2D eigenvalue weighted by molar-refractivity contribution is -0.122. The van der Waals surface area contributed by atoms with Crippen molar-refractivity contribution in [1.29, 1.82) is 0 Å². The van der Waals surface area contributed by atoms with E-state index < -0.39 is 0 Å². The number of pyridine rings is 3. The molecule has 0 radical (unpaired) electrons. The molecule has 4 aromatic rings. The average Bonchev–Trinajstić information content (AvgIpc) is 3.09. The zero-order chi connectivity index (χ0) is 23.3. The maximum Gasteiger partial charge on any atom is 0.329 e. The summed E-state index contributed by atoms with van der Waals surface area (Å²) in [4.78, 5) is 40.8. The Balaban J connectivity index is 1.65. The summed E-state index contributed by atoms with van der Waals surface area (Å²) in [6.07, 6.45) is 6.38. The van der Waals surface area contributed by atoms with Gasteiger partial charge >= 0.3 is 5.69 Å². The third-order valence-electron chi connectivity index (χ3n) is 6.73. The number of anilines is 1. The SMILES string of the molecule is CN(C)c1ccc(-c2ccc3ncc4c(c3n2)n([C@H]2CC[C@H](C(N)=O)CC2)c(=O)n4C)cn1. The van der Waals surface area contributed by atoms with Crippen molar-refractivity contribution in [2.24, 2.45) is 18.7 Å². The van der Waals surface area contributed by atoms with Crippen molar-refractivity contribution in [3.63, 3.8) is 0 Å². The number of nitrogens with two attached hydrogens (primary N) is 1. The Hall–Kier alpha value is -3.75. The summed E-state index contributed by atoms with van der Waals surface area (Å²) in [6, 6.07) is 7.80. The molecular formula is C24H27N7O2. The van der Waals surface area contributed by atoms with Gasteiger partial charge < -0.3 is 10.6 Å².